The summed E-state index contributed by atoms with van der Waals surface area (Å²) in [6, 6.07) is 14.8. The number of H-pyrrole nitrogens is 2. The summed E-state index contributed by atoms with van der Waals surface area (Å²) < 4.78 is 13.9. The molecule has 37 heavy (non-hydrogen) atoms. The molecule has 8 heteroatoms. The van der Waals surface area contributed by atoms with Gasteiger partial charge in [0.2, 0.25) is 0 Å². The smallest absolute Gasteiger partial charge is 0.181 e. The quantitative estimate of drug-likeness (QED) is 0.312. The van der Waals surface area contributed by atoms with E-state index in [1.54, 1.807) is 12.3 Å². The highest BCUT2D eigenvalue weighted by Gasteiger charge is 2.16. The van der Waals surface area contributed by atoms with Crippen LogP contribution < -0.4 is 0 Å². The molecule has 2 N–H and O–H groups in total. The molecule has 1 aliphatic rings. The number of hydrogen-bond acceptors (Lipinski definition) is 5. The number of hydrogen-bond donors (Lipinski definition) is 2. The number of fused-ring (bicyclic) bond motifs is 2. The molecule has 0 bridgehead atoms. The highest BCUT2D eigenvalue weighted by Crippen LogP contribution is 2.34. The standard InChI is InChI=1S/C29H24FN7/c30-22-5-3-4-19(11-22)27-23-13-26(34-25(23)6-7-32-27)28-24-12-21(16-33-29(24)36-35-28)20-10-18(14-31-15-20)17-37-8-1-2-9-37/h3-7,10-16,34H,1-2,8-9,17H2,(H,33,35,36). The van der Waals surface area contributed by atoms with Crippen molar-refractivity contribution in [2.45, 2.75) is 19.4 Å². The summed E-state index contributed by atoms with van der Waals surface area (Å²) in [7, 11) is 0. The van der Waals surface area contributed by atoms with Gasteiger partial charge in [0.15, 0.2) is 5.65 Å². The molecule has 1 fully saturated rings. The number of likely N-dealkylation sites (tertiary alicyclic amines) is 1. The highest BCUT2D eigenvalue weighted by molar-refractivity contribution is 5.99. The average molecular weight is 490 g/mol. The van der Waals surface area contributed by atoms with Gasteiger partial charge in [-0.15, -0.1) is 0 Å². The lowest BCUT2D eigenvalue weighted by molar-refractivity contribution is 0.331. The normalized spacial score (nSPS) is 14.2. The van der Waals surface area contributed by atoms with Gasteiger partial charge in [0.25, 0.3) is 0 Å². The number of nitrogens with one attached hydrogen (secondary N) is 2. The van der Waals surface area contributed by atoms with Crippen molar-refractivity contribution < 1.29 is 4.39 Å². The first-order valence-corrected chi connectivity index (χ1v) is 12.5. The monoisotopic (exact) mass is 489 g/mol. The largest absolute Gasteiger partial charge is 0.353 e. The molecule has 0 atom stereocenters. The van der Waals surface area contributed by atoms with Crippen molar-refractivity contribution >= 4 is 21.9 Å². The summed E-state index contributed by atoms with van der Waals surface area (Å²) in [5.41, 5.74) is 7.95. The van der Waals surface area contributed by atoms with Gasteiger partial charge in [-0.1, -0.05) is 12.1 Å². The van der Waals surface area contributed by atoms with Crippen molar-refractivity contribution in [3.63, 3.8) is 0 Å². The minimum Gasteiger partial charge on any atom is -0.353 e. The molecule has 0 aliphatic carbocycles. The second-order valence-corrected chi connectivity index (χ2v) is 9.57. The van der Waals surface area contributed by atoms with Gasteiger partial charge in [-0.05, 0) is 67.9 Å². The van der Waals surface area contributed by atoms with E-state index in [0.29, 0.717) is 5.65 Å². The molecule has 0 amide bonds. The minimum atomic E-state index is -0.288. The predicted molar refractivity (Wildman–Crippen MR) is 142 cm³/mol. The van der Waals surface area contributed by atoms with E-state index in [4.69, 9.17) is 0 Å². The van der Waals surface area contributed by atoms with Gasteiger partial charge in [-0.25, -0.2) is 9.37 Å². The van der Waals surface area contributed by atoms with E-state index in [2.05, 4.69) is 47.2 Å². The van der Waals surface area contributed by atoms with Crippen LogP contribution in [0.15, 0.2) is 73.3 Å². The van der Waals surface area contributed by atoms with Crippen LogP contribution in [0.1, 0.15) is 18.4 Å². The van der Waals surface area contributed by atoms with Crippen molar-refractivity contribution in [1.29, 1.82) is 0 Å². The number of halogens is 1. The van der Waals surface area contributed by atoms with E-state index in [9.17, 15) is 4.39 Å². The first-order valence-electron chi connectivity index (χ1n) is 12.5. The van der Waals surface area contributed by atoms with Crippen LogP contribution in [0, 0.1) is 5.82 Å². The van der Waals surface area contributed by atoms with E-state index in [0.717, 1.165) is 69.7 Å². The Morgan fingerprint density at radius 1 is 0.865 bits per heavy atom. The molecular weight excluding hydrogens is 465 g/mol. The zero-order valence-electron chi connectivity index (χ0n) is 20.1. The van der Waals surface area contributed by atoms with E-state index in [1.807, 2.05) is 36.8 Å². The molecule has 0 saturated carbocycles. The number of benzene rings is 1. The van der Waals surface area contributed by atoms with Gasteiger partial charge in [-0.2, -0.15) is 5.10 Å². The lowest BCUT2D eigenvalue weighted by Gasteiger charge is -2.14. The number of nitrogens with zero attached hydrogens (tertiary/aromatic N) is 5. The lowest BCUT2D eigenvalue weighted by atomic mass is 10.1. The van der Waals surface area contributed by atoms with E-state index in [1.165, 1.54) is 30.5 Å². The third-order valence-electron chi connectivity index (χ3n) is 7.06. The predicted octanol–water partition coefficient (Wildman–Crippen LogP) is 5.97. The minimum absolute atomic E-state index is 0.288. The summed E-state index contributed by atoms with van der Waals surface area (Å²) >= 11 is 0. The molecule has 0 spiro atoms. The Bertz CT molecular complexity index is 1750. The third kappa shape index (κ3) is 4.05. The summed E-state index contributed by atoms with van der Waals surface area (Å²) in [4.78, 5) is 19.6. The second kappa shape index (κ2) is 8.90. The Balaban J connectivity index is 1.28. The highest BCUT2D eigenvalue weighted by atomic mass is 19.1. The average Bonchev–Trinajstić information content (AvgIpc) is 3.67. The molecule has 182 valence electrons. The summed E-state index contributed by atoms with van der Waals surface area (Å²) in [6.07, 6.45) is 9.95. The number of aromatic amines is 2. The second-order valence-electron chi connectivity index (χ2n) is 9.57. The molecule has 5 aromatic heterocycles. The molecular formula is C29H24FN7. The maximum atomic E-state index is 13.9. The molecule has 1 saturated heterocycles. The zero-order valence-corrected chi connectivity index (χ0v) is 20.1. The Morgan fingerprint density at radius 2 is 1.76 bits per heavy atom. The Labute approximate surface area is 212 Å². The van der Waals surface area contributed by atoms with Crippen LogP contribution in [-0.2, 0) is 6.54 Å². The van der Waals surface area contributed by atoms with Crippen molar-refractivity contribution in [1.82, 2.24) is 35.0 Å². The number of rotatable bonds is 5. The van der Waals surface area contributed by atoms with Crippen molar-refractivity contribution in [2.75, 3.05) is 13.1 Å². The van der Waals surface area contributed by atoms with Crippen LogP contribution in [-0.4, -0.2) is 48.1 Å². The fourth-order valence-electron chi connectivity index (χ4n) is 5.25. The van der Waals surface area contributed by atoms with E-state index in [-0.39, 0.29) is 5.82 Å². The van der Waals surface area contributed by atoms with Crippen molar-refractivity contribution in [3.8, 4) is 33.8 Å². The van der Waals surface area contributed by atoms with Crippen LogP contribution in [0.3, 0.4) is 0 Å². The first-order chi connectivity index (χ1) is 18.2. The van der Waals surface area contributed by atoms with Crippen LogP contribution >= 0.6 is 0 Å². The van der Waals surface area contributed by atoms with E-state index < -0.39 is 0 Å². The Kier molecular flexibility index (Phi) is 5.25. The van der Waals surface area contributed by atoms with Crippen LogP contribution in [0.5, 0.6) is 0 Å². The fraction of sp³-hybridized carbons (Fsp3) is 0.172. The third-order valence-corrected chi connectivity index (χ3v) is 7.06. The van der Waals surface area contributed by atoms with Crippen LogP contribution in [0.4, 0.5) is 4.39 Å². The van der Waals surface area contributed by atoms with Gasteiger partial charge in [-0.3, -0.25) is 20.0 Å². The van der Waals surface area contributed by atoms with Crippen molar-refractivity contribution in [3.05, 3.63) is 84.7 Å². The maximum Gasteiger partial charge on any atom is 0.181 e. The summed E-state index contributed by atoms with van der Waals surface area (Å²) in [5, 5.41) is 9.41. The molecule has 0 radical (unpaired) electrons. The fourth-order valence-corrected chi connectivity index (χ4v) is 5.25. The van der Waals surface area contributed by atoms with Crippen LogP contribution in [0.25, 0.3) is 55.7 Å². The summed E-state index contributed by atoms with van der Waals surface area (Å²) in [6.45, 7) is 3.22. The number of pyridine rings is 3. The SMILES string of the molecule is Fc1cccc(-c2nccc3[nH]c(-c4[nH]nc5ncc(-c6cncc(CN7CCCC7)c6)cc45)cc23)c1. The molecule has 7 nitrogen and oxygen atoms in total. The van der Waals surface area contributed by atoms with Gasteiger partial charge in [0.1, 0.15) is 5.82 Å². The lowest BCUT2D eigenvalue weighted by Crippen LogP contribution is -2.18. The molecule has 6 aromatic rings. The molecule has 0 unspecified atom stereocenters. The Hall–Kier alpha value is -4.43. The van der Waals surface area contributed by atoms with Crippen molar-refractivity contribution in [2.24, 2.45) is 0 Å². The summed E-state index contributed by atoms with van der Waals surface area (Å²) in [5.74, 6) is -0.288. The number of aromatic nitrogens is 6. The first kappa shape index (κ1) is 21.8. The van der Waals surface area contributed by atoms with Gasteiger partial charge in [0, 0.05) is 64.3 Å². The van der Waals surface area contributed by atoms with Gasteiger partial charge < -0.3 is 4.98 Å². The molecule has 6 heterocycles. The topological polar surface area (TPSA) is 86.4 Å². The molecule has 7 rings (SSSR count). The maximum absolute atomic E-state index is 13.9. The van der Waals surface area contributed by atoms with E-state index >= 15 is 0 Å². The van der Waals surface area contributed by atoms with Gasteiger partial charge >= 0.3 is 0 Å². The molecule has 1 aromatic carbocycles. The van der Waals surface area contributed by atoms with Gasteiger partial charge in [0.05, 0.1) is 17.1 Å². The Morgan fingerprint density at radius 3 is 2.65 bits per heavy atom. The van der Waals surface area contributed by atoms with Crippen LogP contribution in [0.2, 0.25) is 0 Å². The zero-order chi connectivity index (χ0) is 24.8. The molecule has 1 aliphatic heterocycles.